The zero-order valence-corrected chi connectivity index (χ0v) is 18.2. The summed E-state index contributed by atoms with van der Waals surface area (Å²) >= 11 is 0. The van der Waals surface area contributed by atoms with Crippen molar-refractivity contribution < 1.29 is 19.3 Å². The Labute approximate surface area is 195 Å². The molecular weight excluding hydrogens is 434 g/mol. The molecule has 0 spiro atoms. The number of anilines is 1. The summed E-state index contributed by atoms with van der Waals surface area (Å²) in [7, 11) is 0. The van der Waals surface area contributed by atoms with E-state index in [2.05, 4.69) is 17.5 Å². The van der Waals surface area contributed by atoms with Crippen molar-refractivity contribution in [2.75, 3.05) is 5.32 Å². The lowest BCUT2D eigenvalue weighted by atomic mass is 9.63. The second kappa shape index (κ2) is 7.62. The first-order chi connectivity index (χ1) is 16.4. The molecule has 4 aliphatic carbocycles. The van der Waals surface area contributed by atoms with Crippen LogP contribution in [0.25, 0.3) is 0 Å². The number of nitrogens with zero attached hydrogens (tertiary/aromatic N) is 2. The topological polar surface area (TPSA) is 110 Å². The van der Waals surface area contributed by atoms with Crippen LogP contribution in [0, 0.1) is 45.6 Å². The molecule has 0 aromatic heterocycles. The van der Waals surface area contributed by atoms with Gasteiger partial charge in [-0.15, -0.1) is 0 Å². The van der Waals surface area contributed by atoms with E-state index in [1.807, 2.05) is 30.3 Å². The highest BCUT2D eigenvalue weighted by Crippen LogP contribution is 2.65. The van der Waals surface area contributed by atoms with Crippen LogP contribution in [-0.4, -0.2) is 33.6 Å². The number of carbonyl (C=O) groups excluding carboxylic acids is 3. The molecule has 34 heavy (non-hydrogen) atoms. The molecule has 7 atom stereocenters. The van der Waals surface area contributed by atoms with Gasteiger partial charge >= 0.3 is 0 Å². The lowest BCUT2D eigenvalue weighted by molar-refractivity contribution is -0.384. The summed E-state index contributed by atoms with van der Waals surface area (Å²) in [6.07, 6.45) is 5.44. The van der Waals surface area contributed by atoms with Crippen LogP contribution >= 0.6 is 0 Å². The van der Waals surface area contributed by atoms with Crippen LogP contribution in [-0.2, 0) is 20.8 Å². The van der Waals surface area contributed by atoms with Crippen LogP contribution in [0.15, 0.2) is 66.7 Å². The SMILES string of the molecule is O=C(Nc1cccc([N+](=O)[O-])c1)[C@@H](Cc1ccccc1)N1C(=O)[C@H]2[C@@H]3C=C[C@H]([C@H]4C[C@H]34)[C@@H]2C1=O. The molecule has 5 aliphatic rings. The minimum absolute atomic E-state index is 0.0682. The summed E-state index contributed by atoms with van der Waals surface area (Å²) in [5.74, 6) is -0.777. The molecule has 2 aromatic carbocycles. The van der Waals surface area contributed by atoms with E-state index >= 15 is 0 Å². The van der Waals surface area contributed by atoms with Crippen LogP contribution in [0.1, 0.15) is 12.0 Å². The molecule has 1 N–H and O–H groups in total. The number of carbonyl (C=O) groups is 3. The molecule has 172 valence electrons. The summed E-state index contributed by atoms with van der Waals surface area (Å²) in [4.78, 5) is 52.6. The number of nitrogens with one attached hydrogen (secondary N) is 1. The Hall–Kier alpha value is -3.81. The molecule has 2 aromatic rings. The van der Waals surface area contributed by atoms with Crippen molar-refractivity contribution in [3.05, 3.63) is 82.4 Å². The number of nitro groups is 1. The first-order valence-electron chi connectivity index (χ1n) is 11.6. The number of hydrogen-bond acceptors (Lipinski definition) is 5. The molecule has 3 amide bonds. The monoisotopic (exact) mass is 457 g/mol. The van der Waals surface area contributed by atoms with Crippen molar-refractivity contribution in [1.82, 2.24) is 4.90 Å². The first-order valence-corrected chi connectivity index (χ1v) is 11.6. The molecule has 7 rings (SSSR count). The molecule has 1 heterocycles. The third kappa shape index (κ3) is 3.16. The van der Waals surface area contributed by atoms with Gasteiger partial charge < -0.3 is 5.32 Å². The van der Waals surface area contributed by atoms with Crippen LogP contribution in [0.5, 0.6) is 0 Å². The lowest BCUT2D eigenvalue weighted by Gasteiger charge is -2.37. The molecule has 1 aliphatic heterocycles. The molecule has 8 heteroatoms. The third-order valence-corrected chi connectivity index (χ3v) is 7.91. The Morgan fingerprint density at radius 2 is 1.65 bits per heavy atom. The summed E-state index contributed by atoms with van der Waals surface area (Å²) in [6, 6.07) is 13.8. The normalized spacial score (nSPS) is 31.1. The van der Waals surface area contributed by atoms with E-state index in [0.717, 1.165) is 12.0 Å². The van der Waals surface area contributed by atoms with E-state index < -0.39 is 28.7 Å². The maximum atomic E-state index is 13.6. The van der Waals surface area contributed by atoms with Gasteiger partial charge in [-0.05, 0) is 41.7 Å². The number of benzene rings is 2. The Morgan fingerprint density at radius 1 is 1.00 bits per heavy atom. The van der Waals surface area contributed by atoms with Crippen molar-refractivity contribution in [1.29, 1.82) is 0 Å². The van der Waals surface area contributed by atoms with Gasteiger partial charge in [-0.1, -0.05) is 48.6 Å². The number of amides is 3. The molecule has 8 nitrogen and oxygen atoms in total. The smallest absolute Gasteiger partial charge is 0.271 e. The predicted molar refractivity (Wildman–Crippen MR) is 122 cm³/mol. The quantitative estimate of drug-likeness (QED) is 0.310. The largest absolute Gasteiger partial charge is 0.324 e. The van der Waals surface area contributed by atoms with Gasteiger partial charge in [0, 0.05) is 24.2 Å². The van der Waals surface area contributed by atoms with Gasteiger partial charge in [0.15, 0.2) is 0 Å². The minimum atomic E-state index is -1.04. The van der Waals surface area contributed by atoms with Gasteiger partial charge in [0.05, 0.1) is 16.8 Å². The molecule has 0 unspecified atom stereocenters. The number of nitro benzene ring substituents is 1. The highest BCUT2D eigenvalue weighted by molar-refractivity contribution is 6.10. The zero-order chi connectivity index (χ0) is 23.6. The van der Waals surface area contributed by atoms with E-state index in [9.17, 15) is 24.5 Å². The third-order valence-electron chi connectivity index (χ3n) is 7.91. The Morgan fingerprint density at radius 3 is 2.26 bits per heavy atom. The van der Waals surface area contributed by atoms with Crippen LogP contribution in [0.2, 0.25) is 0 Å². The van der Waals surface area contributed by atoms with Crippen molar-refractivity contribution in [3.8, 4) is 0 Å². The van der Waals surface area contributed by atoms with Crippen LogP contribution in [0.4, 0.5) is 11.4 Å². The average molecular weight is 457 g/mol. The molecule has 2 saturated carbocycles. The highest BCUT2D eigenvalue weighted by atomic mass is 16.6. The van der Waals surface area contributed by atoms with Gasteiger partial charge in [0.2, 0.25) is 17.7 Å². The summed E-state index contributed by atoms with van der Waals surface area (Å²) in [6.45, 7) is 0. The minimum Gasteiger partial charge on any atom is -0.324 e. The van der Waals surface area contributed by atoms with E-state index in [-0.39, 0.29) is 41.4 Å². The number of non-ortho nitro benzene ring substituents is 1. The van der Waals surface area contributed by atoms with Gasteiger partial charge in [0.25, 0.3) is 5.69 Å². The van der Waals surface area contributed by atoms with Crippen molar-refractivity contribution in [2.24, 2.45) is 35.5 Å². The Kier molecular flexibility index (Phi) is 4.65. The summed E-state index contributed by atoms with van der Waals surface area (Å²) < 4.78 is 0. The summed E-state index contributed by atoms with van der Waals surface area (Å²) in [5, 5.41) is 13.8. The molecule has 1 saturated heterocycles. The van der Waals surface area contributed by atoms with E-state index in [1.54, 1.807) is 6.07 Å². The molecule has 0 radical (unpaired) electrons. The number of rotatable bonds is 6. The average Bonchev–Trinajstić information content (AvgIpc) is 3.62. The van der Waals surface area contributed by atoms with E-state index in [1.165, 1.54) is 23.1 Å². The molecule has 3 fully saturated rings. The molecular formula is C26H23N3O5. The van der Waals surface area contributed by atoms with Crippen molar-refractivity contribution in [3.63, 3.8) is 0 Å². The van der Waals surface area contributed by atoms with Crippen LogP contribution < -0.4 is 5.32 Å². The van der Waals surface area contributed by atoms with Crippen molar-refractivity contribution >= 4 is 29.1 Å². The number of allylic oxidation sites excluding steroid dienone is 2. The predicted octanol–water partition coefficient (Wildman–Crippen LogP) is 3.20. The fourth-order valence-electron chi connectivity index (χ4n) is 6.35. The zero-order valence-electron chi connectivity index (χ0n) is 18.2. The number of likely N-dealkylation sites (tertiary alicyclic amines) is 1. The maximum Gasteiger partial charge on any atom is 0.271 e. The fraction of sp³-hybridized carbons (Fsp3) is 0.346. The summed E-state index contributed by atoms with van der Waals surface area (Å²) in [5.41, 5.74) is 0.913. The van der Waals surface area contributed by atoms with E-state index in [0.29, 0.717) is 11.8 Å². The van der Waals surface area contributed by atoms with E-state index in [4.69, 9.17) is 0 Å². The highest BCUT2D eigenvalue weighted by Gasteiger charge is 2.67. The lowest BCUT2D eigenvalue weighted by Crippen LogP contribution is -2.49. The van der Waals surface area contributed by atoms with Gasteiger partial charge in [0.1, 0.15) is 6.04 Å². The van der Waals surface area contributed by atoms with Crippen molar-refractivity contribution in [2.45, 2.75) is 18.9 Å². The maximum absolute atomic E-state index is 13.6. The Balaban J connectivity index is 1.32. The first kappa shape index (κ1) is 20.8. The van der Waals surface area contributed by atoms with Gasteiger partial charge in [-0.25, -0.2) is 0 Å². The second-order valence-corrected chi connectivity index (χ2v) is 9.70. The second-order valence-electron chi connectivity index (χ2n) is 9.70. The molecule has 2 bridgehead atoms. The number of imide groups is 1. The van der Waals surface area contributed by atoms with Crippen LogP contribution in [0.3, 0.4) is 0 Å². The Bertz CT molecular complexity index is 1210. The van der Waals surface area contributed by atoms with Gasteiger partial charge in [-0.2, -0.15) is 0 Å². The standard InChI is InChI=1S/C26H23N3O5/c30-24(27-15-7-4-8-16(12-15)29(33)34)21(11-14-5-2-1-3-6-14)28-25(31)22-17-9-10-18(20-13-19(17)20)23(22)26(28)32/h1-10,12,17-23H,11,13H2,(H,27,30)/t17-,18-,19-,20-,21-,22+,23+/m1/s1. The van der Waals surface area contributed by atoms with Gasteiger partial charge in [-0.3, -0.25) is 29.4 Å². The fourth-order valence-corrected chi connectivity index (χ4v) is 6.35. The number of hydrogen-bond donors (Lipinski definition) is 1.